The molecule has 0 saturated carbocycles. The van der Waals surface area contributed by atoms with E-state index in [1.165, 1.54) is 4.68 Å². The van der Waals surface area contributed by atoms with E-state index in [1.54, 1.807) is 6.92 Å². The molecule has 0 saturated heterocycles. The van der Waals surface area contributed by atoms with Gasteiger partial charge in [0, 0.05) is 16.7 Å². The van der Waals surface area contributed by atoms with Crippen LogP contribution in [0.3, 0.4) is 0 Å². The number of aromatic nitrogens is 2. The highest BCUT2D eigenvalue weighted by Gasteiger charge is 2.26. The smallest absolute Gasteiger partial charge is 0.264 e. The van der Waals surface area contributed by atoms with E-state index in [9.17, 15) is 13.2 Å². The van der Waals surface area contributed by atoms with Gasteiger partial charge in [-0.25, -0.2) is 8.42 Å². The number of rotatable bonds is 7. The standard InChI is InChI=1S/C13H22ClN3O3S/c1-5-9(4)15-12(18)8-17-11(7-3)13(21(14,19)20)10(6-2)16-17/h9H,5-8H2,1-4H3,(H,15,18). The van der Waals surface area contributed by atoms with Crippen molar-refractivity contribution in [1.82, 2.24) is 15.1 Å². The van der Waals surface area contributed by atoms with Gasteiger partial charge in [0.2, 0.25) is 5.91 Å². The molecule has 120 valence electrons. The molecule has 1 rings (SSSR count). The maximum Gasteiger partial charge on any atom is 0.264 e. The summed E-state index contributed by atoms with van der Waals surface area (Å²) in [6.45, 7) is 7.49. The number of hydrogen-bond acceptors (Lipinski definition) is 4. The van der Waals surface area contributed by atoms with E-state index >= 15 is 0 Å². The minimum absolute atomic E-state index is 0.00702. The molecule has 1 aromatic heterocycles. The van der Waals surface area contributed by atoms with Crippen molar-refractivity contribution in [3.63, 3.8) is 0 Å². The first-order valence-electron chi connectivity index (χ1n) is 7.07. The molecule has 0 fully saturated rings. The number of amides is 1. The van der Waals surface area contributed by atoms with Crippen molar-refractivity contribution >= 4 is 25.6 Å². The van der Waals surface area contributed by atoms with Crippen LogP contribution in [0, 0.1) is 0 Å². The van der Waals surface area contributed by atoms with E-state index < -0.39 is 9.05 Å². The minimum atomic E-state index is -3.87. The molecule has 0 aliphatic carbocycles. The molecule has 0 aromatic carbocycles. The average molecular weight is 336 g/mol. The normalized spacial score (nSPS) is 13.2. The summed E-state index contributed by atoms with van der Waals surface area (Å²) in [5.41, 5.74) is 0.874. The Kier molecular flexibility index (Phi) is 6.22. The van der Waals surface area contributed by atoms with Gasteiger partial charge in [0.15, 0.2) is 0 Å². The van der Waals surface area contributed by atoms with E-state index in [0.29, 0.717) is 24.2 Å². The molecule has 0 aliphatic heterocycles. The molecule has 0 bridgehead atoms. The summed E-state index contributed by atoms with van der Waals surface area (Å²) < 4.78 is 24.9. The third-order valence-corrected chi connectivity index (χ3v) is 4.73. The Hall–Kier alpha value is -1.08. The first-order valence-corrected chi connectivity index (χ1v) is 9.37. The van der Waals surface area contributed by atoms with Crippen LogP contribution in [-0.2, 0) is 33.2 Å². The highest BCUT2D eigenvalue weighted by molar-refractivity contribution is 8.13. The van der Waals surface area contributed by atoms with E-state index in [1.807, 2.05) is 20.8 Å². The van der Waals surface area contributed by atoms with Gasteiger partial charge in [-0.15, -0.1) is 0 Å². The molecule has 1 amide bonds. The van der Waals surface area contributed by atoms with Crippen molar-refractivity contribution in [2.24, 2.45) is 0 Å². The molecule has 1 aromatic rings. The molecule has 6 nitrogen and oxygen atoms in total. The molecule has 1 heterocycles. The molecule has 0 spiro atoms. The lowest BCUT2D eigenvalue weighted by Crippen LogP contribution is -2.35. The monoisotopic (exact) mass is 335 g/mol. The first-order chi connectivity index (χ1) is 9.74. The fourth-order valence-electron chi connectivity index (χ4n) is 2.08. The number of nitrogens with zero attached hydrogens (tertiary/aromatic N) is 2. The van der Waals surface area contributed by atoms with Crippen molar-refractivity contribution in [3.8, 4) is 0 Å². The lowest BCUT2D eigenvalue weighted by atomic mass is 10.2. The Morgan fingerprint density at radius 2 is 1.95 bits per heavy atom. The second-order valence-corrected chi connectivity index (χ2v) is 7.40. The zero-order valence-corrected chi connectivity index (χ0v) is 14.4. The Morgan fingerprint density at radius 1 is 1.33 bits per heavy atom. The maximum absolute atomic E-state index is 12.0. The van der Waals surface area contributed by atoms with Gasteiger partial charge in [0.05, 0.1) is 11.4 Å². The maximum atomic E-state index is 12.0. The molecule has 21 heavy (non-hydrogen) atoms. The van der Waals surface area contributed by atoms with Gasteiger partial charge in [-0.05, 0) is 26.2 Å². The number of nitrogens with one attached hydrogen (secondary N) is 1. The number of halogens is 1. The second kappa shape index (κ2) is 7.26. The molecular formula is C13H22ClN3O3S. The predicted octanol–water partition coefficient (Wildman–Crippen LogP) is 1.85. The van der Waals surface area contributed by atoms with E-state index in [4.69, 9.17) is 10.7 Å². The van der Waals surface area contributed by atoms with Crippen molar-refractivity contribution in [3.05, 3.63) is 11.4 Å². The van der Waals surface area contributed by atoms with Crippen LogP contribution in [0.4, 0.5) is 0 Å². The van der Waals surface area contributed by atoms with Crippen molar-refractivity contribution in [2.75, 3.05) is 0 Å². The van der Waals surface area contributed by atoms with Crippen LogP contribution in [-0.4, -0.2) is 30.1 Å². The lowest BCUT2D eigenvalue weighted by Gasteiger charge is -2.12. The number of aryl methyl sites for hydroxylation is 1. The van der Waals surface area contributed by atoms with Crippen LogP contribution in [0.1, 0.15) is 45.5 Å². The van der Waals surface area contributed by atoms with Crippen molar-refractivity contribution < 1.29 is 13.2 Å². The van der Waals surface area contributed by atoms with Gasteiger partial charge >= 0.3 is 0 Å². The fourth-order valence-corrected chi connectivity index (χ4v) is 3.61. The van der Waals surface area contributed by atoms with Gasteiger partial charge < -0.3 is 5.32 Å². The summed E-state index contributed by atoms with van der Waals surface area (Å²) in [4.78, 5) is 12.0. The first kappa shape index (κ1) is 18.0. The quantitative estimate of drug-likeness (QED) is 0.771. The lowest BCUT2D eigenvalue weighted by molar-refractivity contribution is -0.122. The topological polar surface area (TPSA) is 81.1 Å². The van der Waals surface area contributed by atoms with Gasteiger partial charge in [-0.1, -0.05) is 20.8 Å². The number of carbonyl (C=O) groups excluding carboxylic acids is 1. The highest BCUT2D eigenvalue weighted by atomic mass is 35.7. The van der Waals surface area contributed by atoms with Gasteiger partial charge in [0.25, 0.3) is 9.05 Å². The van der Waals surface area contributed by atoms with E-state index in [2.05, 4.69) is 10.4 Å². The summed E-state index contributed by atoms with van der Waals surface area (Å²) in [6.07, 6.45) is 1.70. The third-order valence-electron chi connectivity index (χ3n) is 3.30. The summed E-state index contributed by atoms with van der Waals surface area (Å²) in [7, 11) is 1.63. The van der Waals surface area contributed by atoms with E-state index in [0.717, 1.165) is 6.42 Å². The number of hydrogen-bond donors (Lipinski definition) is 1. The van der Waals surface area contributed by atoms with Gasteiger partial charge in [0.1, 0.15) is 11.4 Å². The Bertz CT molecular complexity index is 610. The Labute approximate surface area is 130 Å². The van der Waals surface area contributed by atoms with Crippen LogP contribution in [0.25, 0.3) is 0 Å². The SMILES string of the molecule is CCc1nn(CC(=O)NC(C)CC)c(CC)c1S(=O)(=O)Cl. The predicted molar refractivity (Wildman–Crippen MR) is 81.9 cm³/mol. The highest BCUT2D eigenvalue weighted by Crippen LogP contribution is 2.25. The molecule has 1 N–H and O–H groups in total. The molecule has 0 aliphatic rings. The molecular weight excluding hydrogens is 314 g/mol. The largest absolute Gasteiger partial charge is 0.352 e. The minimum Gasteiger partial charge on any atom is -0.352 e. The van der Waals surface area contributed by atoms with Crippen LogP contribution in [0.15, 0.2) is 4.90 Å². The van der Waals surface area contributed by atoms with Crippen LogP contribution < -0.4 is 5.32 Å². The van der Waals surface area contributed by atoms with Crippen LogP contribution in [0.5, 0.6) is 0 Å². The van der Waals surface area contributed by atoms with Gasteiger partial charge in [-0.3, -0.25) is 9.48 Å². The molecule has 8 heteroatoms. The van der Waals surface area contributed by atoms with Crippen LogP contribution >= 0.6 is 10.7 Å². The Morgan fingerprint density at radius 3 is 2.38 bits per heavy atom. The Balaban J connectivity index is 3.14. The average Bonchev–Trinajstić information content (AvgIpc) is 2.75. The van der Waals surface area contributed by atoms with Gasteiger partial charge in [-0.2, -0.15) is 5.10 Å². The summed E-state index contributed by atoms with van der Waals surface area (Å²) >= 11 is 0. The van der Waals surface area contributed by atoms with Crippen molar-refractivity contribution in [2.45, 2.75) is 64.4 Å². The summed E-state index contributed by atoms with van der Waals surface area (Å²) in [6, 6.07) is 0.0695. The second-order valence-electron chi connectivity index (χ2n) is 4.90. The summed E-state index contributed by atoms with van der Waals surface area (Å²) in [5, 5.41) is 7.06. The number of carbonyl (C=O) groups is 1. The fraction of sp³-hybridized carbons (Fsp3) is 0.692. The zero-order valence-electron chi connectivity index (χ0n) is 12.8. The van der Waals surface area contributed by atoms with Crippen molar-refractivity contribution in [1.29, 1.82) is 0 Å². The third kappa shape index (κ3) is 4.44. The van der Waals surface area contributed by atoms with Crippen LogP contribution in [0.2, 0.25) is 0 Å². The summed E-state index contributed by atoms with van der Waals surface area (Å²) in [5.74, 6) is -0.192. The molecule has 1 atom stereocenters. The van der Waals surface area contributed by atoms with E-state index in [-0.39, 0.29) is 23.4 Å². The molecule has 0 radical (unpaired) electrons. The molecule has 1 unspecified atom stereocenters. The zero-order chi connectivity index (χ0) is 16.2.